The molecular weight excluding hydrogens is 426 g/mol. The van der Waals surface area contributed by atoms with Gasteiger partial charge in [-0.2, -0.15) is 0 Å². The molecule has 3 nitrogen and oxygen atoms in total. The van der Waals surface area contributed by atoms with Crippen molar-refractivity contribution in [3.63, 3.8) is 0 Å². The first kappa shape index (κ1) is 19.2. The third kappa shape index (κ3) is 5.00. The number of carbonyl (C=O) groups is 1. The zero-order valence-electron chi connectivity index (χ0n) is 14.6. The van der Waals surface area contributed by atoms with E-state index < -0.39 is 0 Å². The minimum Gasteiger partial charge on any atom is -0.497 e. The number of anilines is 1. The van der Waals surface area contributed by atoms with Crippen LogP contribution in [0.5, 0.6) is 5.75 Å². The summed E-state index contributed by atoms with van der Waals surface area (Å²) in [5, 5.41) is 3.95. The van der Waals surface area contributed by atoms with Gasteiger partial charge >= 0.3 is 0 Å². The monoisotopic (exact) mass is 441 g/mol. The van der Waals surface area contributed by atoms with E-state index in [1.807, 2.05) is 54.6 Å². The molecular formula is C22H17BrClNO2. The van der Waals surface area contributed by atoms with Crippen molar-refractivity contribution in [2.75, 3.05) is 12.4 Å². The summed E-state index contributed by atoms with van der Waals surface area (Å²) in [6, 6.07) is 22.2. The first-order chi connectivity index (χ1) is 13.1. The summed E-state index contributed by atoms with van der Waals surface area (Å²) in [7, 11) is 1.62. The van der Waals surface area contributed by atoms with Gasteiger partial charge in [0.1, 0.15) is 5.75 Å². The van der Waals surface area contributed by atoms with Gasteiger partial charge in [-0.25, -0.2) is 0 Å². The van der Waals surface area contributed by atoms with E-state index in [1.165, 1.54) is 0 Å². The zero-order chi connectivity index (χ0) is 19.2. The SMILES string of the molecule is COc1cccc(N/C(=C/C(=O)c2ccccc2Br)c2ccc(Cl)cc2)c1. The first-order valence-corrected chi connectivity index (χ1v) is 9.41. The molecule has 0 aliphatic carbocycles. The molecule has 27 heavy (non-hydrogen) atoms. The molecule has 5 heteroatoms. The highest BCUT2D eigenvalue weighted by molar-refractivity contribution is 9.10. The van der Waals surface area contributed by atoms with E-state index in [9.17, 15) is 4.79 Å². The van der Waals surface area contributed by atoms with E-state index >= 15 is 0 Å². The molecule has 0 atom stereocenters. The summed E-state index contributed by atoms with van der Waals surface area (Å²) in [4.78, 5) is 12.8. The van der Waals surface area contributed by atoms with Crippen molar-refractivity contribution in [3.05, 3.63) is 99.5 Å². The number of nitrogens with one attached hydrogen (secondary N) is 1. The predicted molar refractivity (Wildman–Crippen MR) is 115 cm³/mol. The van der Waals surface area contributed by atoms with Crippen LogP contribution >= 0.6 is 27.5 Å². The van der Waals surface area contributed by atoms with Crippen molar-refractivity contribution in [2.24, 2.45) is 0 Å². The van der Waals surface area contributed by atoms with E-state index in [0.717, 1.165) is 21.5 Å². The van der Waals surface area contributed by atoms with Crippen LogP contribution in [-0.4, -0.2) is 12.9 Å². The molecule has 0 radical (unpaired) electrons. The molecule has 0 aliphatic rings. The maximum Gasteiger partial charge on any atom is 0.189 e. The fraction of sp³-hybridized carbons (Fsp3) is 0.0455. The highest BCUT2D eigenvalue weighted by atomic mass is 79.9. The largest absolute Gasteiger partial charge is 0.497 e. The smallest absolute Gasteiger partial charge is 0.189 e. The number of hydrogen-bond acceptors (Lipinski definition) is 3. The van der Waals surface area contributed by atoms with Crippen LogP contribution in [-0.2, 0) is 0 Å². The average Bonchev–Trinajstić information content (AvgIpc) is 2.68. The van der Waals surface area contributed by atoms with Gasteiger partial charge in [0.15, 0.2) is 5.78 Å². The Kier molecular flexibility index (Phi) is 6.32. The van der Waals surface area contributed by atoms with E-state index in [2.05, 4.69) is 21.2 Å². The summed E-state index contributed by atoms with van der Waals surface area (Å²) in [6.45, 7) is 0. The Bertz CT molecular complexity index is 984. The number of rotatable bonds is 6. The van der Waals surface area contributed by atoms with Crippen LogP contribution in [0.3, 0.4) is 0 Å². The molecule has 0 spiro atoms. The number of ketones is 1. The Morgan fingerprint density at radius 3 is 2.48 bits per heavy atom. The van der Waals surface area contributed by atoms with Crippen LogP contribution in [0.15, 0.2) is 83.3 Å². The third-order valence-corrected chi connectivity index (χ3v) is 4.86. The topological polar surface area (TPSA) is 38.3 Å². The number of hydrogen-bond donors (Lipinski definition) is 1. The standard InChI is InChI=1S/C22H17BrClNO2/c1-27-18-6-4-5-17(13-18)25-21(15-9-11-16(24)12-10-15)14-22(26)19-7-2-3-8-20(19)23/h2-14,25H,1H3/b21-14+. The summed E-state index contributed by atoms with van der Waals surface area (Å²) in [5.74, 6) is 0.621. The second kappa shape index (κ2) is 8.89. The fourth-order valence-corrected chi connectivity index (χ4v) is 3.15. The van der Waals surface area contributed by atoms with E-state index in [4.69, 9.17) is 16.3 Å². The number of allylic oxidation sites excluding steroid dienone is 1. The second-order valence-corrected chi connectivity index (χ2v) is 7.06. The van der Waals surface area contributed by atoms with Gasteiger partial charge in [0.2, 0.25) is 0 Å². The van der Waals surface area contributed by atoms with Gasteiger partial charge in [-0.15, -0.1) is 0 Å². The number of benzene rings is 3. The van der Waals surface area contributed by atoms with E-state index in [1.54, 1.807) is 31.4 Å². The Labute approximate surface area is 171 Å². The average molecular weight is 443 g/mol. The lowest BCUT2D eigenvalue weighted by molar-refractivity contribution is 0.104. The molecule has 0 fully saturated rings. The van der Waals surface area contributed by atoms with Crippen LogP contribution in [0.25, 0.3) is 5.70 Å². The number of methoxy groups -OCH3 is 1. The van der Waals surface area contributed by atoms with Crippen LogP contribution in [0.4, 0.5) is 5.69 Å². The van der Waals surface area contributed by atoms with Crippen molar-refractivity contribution in [1.82, 2.24) is 0 Å². The van der Waals surface area contributed by atoms with Gasteiger partial charge in [0.25, 0.3) is 0 Å². The quantitative estimate of drug-likeness (QED) is 0.352. The lowest BCUT2D eigenvalue weighted by atomic mass is 10.1. The van der Waals surface area contributed by atoms with Gasteiger partial charge < -0.3 is 10.1 Å². The Morgan fingerprint density at radius 1 is 1.04 bits per heavy atom. The molecule has 3 rings (SSSR count). The molecule has 0 heterocycles. The highest BCUT2D eigenvalue weighted by Gasteiger charge is 2.11. The van der Waals surface area contributed by atoms with Gasteiger partial charge in [-0.3, -0.25) is 4.79 Å². The molecule has 0 saturated carbocycles. The van der Waals surface area contributed by atoms with E-state index in [-0.39, 0.29) is 5.78 Å². The molecule has 3 aromatic carbocycles. The zero-order valence-corrected chi connectivity index (χ0v) is 16.9. The van der Waals surface area contributed by atoms with Gasteiger partial charge in [0, 0.05) is 38.6 Å². The highest BCUT2D eigenvalue weighted by Crippen LogP contribution is 2.25. The number of halogens is 2. The molecule has 0 aromatic heterocycles. The second-order valence-electron chi connectivity index (χ2n) is 5.77. The fourth-order valence-electron chi connectivity index (χ4n) is 2.55. The van der Waals surface area contributed by atoms with Gasteiger partial charge in [0.05, 0.1) is 7.11 Å². The molecule has 0 aliphatic heterocycles. The predicted octanol–water partition coefficient (Wildman–Crippen LogP) is 6.45. The van der Waals surface area contributed by atoms with Gasteiger partial charge in [-0.1, -0.05) is 57.9 Å². The lowest BCUT2D eigenvalue weighted by Gasteiger charge is -2.13. The summed E-state index contributed by atoms with van der Waals surface area (Å²) < 4.78 is 6.03. The van der Waals surface area contributed by atoms with Crippen molar-refractivity contribution in [2.45, 2.75) is 0 Å². The minimum atomic E-state index is -0.108. The van der Waals surface area contributed by atoms with Crippen LogP contribution < -0.4 is 10.1 Å². The van der Waals surface area contributed by atoms with Crippen LogP contribution in [0.2, 0.25) is 5.02 Å². The normalized spacial score (nSPS) is 11.1. The van der Waals surface area contributed by atoms with Crippen LogP contribution in [0, 0.1) is 0 Å². The summed E-state index contributed by atoms with van der Waals surface area (Å²) >= 11 is 9.44. The Morgan fingerprint density at radius 2 is 1.78 bits per heavy atom. The molecule has 136 valence electrons. The Balaban J connectivity index is 2.00. The molecule has 3 aromatic rings. The number of ether oxygens (including phenoxy) is 1. The first-order valence-electron chi connectivity index (χ1n) is 8.24. The van der Waals surface area contributed by atoms with Gasteiger partial charge in [-0.05, 0) is 42.0 Å². The van der Waals surface area contributed by atoms with Crippen molar-refractivity contribution < 1.29 is 9.53 Å². The molecule has 1 N–H and O–H groups in total. The molecule has 0 saturated heterocycles. The minimum absolute atomic E-state index is 0.108. The van der Waals surface area contributed by atoms with Crippen molar-refractivity contribution in [1.29, 1.82) is 0 Å². The summed E-state index contributed by atoms with van der Waals surface area (Å²) in [5.41, 5.74) is 2.93. The van der Waals surface area contributed by atoms with Crippen LogP contribution in [0.1, 0.15) is 15.9 Å². The summed E-state index contributed by atoms with van der Waals surface area (Å²) in [6.07, 6.45) is 1.59. The molecule has 0 bridgehead atoms. The molecule has 0 amide bonds. The maximum atomic E-state index is 12.8. The maximum absolute atomic E-state index is 12.8. The number of carbonyl (C=O) groups excluding carboxylic acids is 1. The third-order valence-electron chi connectivity index (χ3n) is 3.92. The van der Waals surface area contributed by atoms with Crippen molar-refractivity contribution in [3.8, 4) is 5.75 Å². The van der Waals surface area contributed by atoms with Crippen molar-refractivity contribution >= 4 is 44.7 Å². The van der Waals surface area contributed by atoms with E-state index in [0.29, 0.717) is 16.3 Å². The Hall–Kier alpha value is -2.56. The lowest BCUT2D eigenvalue weighted by Crippen LogP contribution is -2.04. The molecule has 0 unspecified atom stereocenters.